The number of fused-ring (bicyclic) bond motifs is 1. The van der Waals surface area contributed by atoms with Gasteiger partial charge in [0.2, 0.25) is 0 Å². The van der Waals surface area contributed by atoms with Crippen LogP contribution in [-0.4, -0.2) is 21.9 Å². The van der Waals surface area contributed by atoms with Crippen LogP contribution in [0.5, 0.6) is 0 Å². The summed E-state index contributed by atoms with van der Waals surface area (Å²) in [6.45, 7) is 6.18. The van der Waals surface area contributed by atoms with Crippen molar-refractivity contribution in [1.82, 2.24) is 15.3 Å². The molecule has 2 N–H and O–H groups in total. The monoisotopic (exact) mass is 285 g/mol. The minimum Gasteiger partial charge on any atom is -0.350 e. The molecular weight excluding hydrogens is 262 g/mol. The maximum absolute atomic E-state index is 12.5. The third kappa shape index (κ3) is 2.80. The molecule has 1 fully saturated rings. The number of aromatic amines is 1. The second kappa shape index (κ2) is 5.51. The quantitative estimate of drug-likeness (QED) is 0.887. The number of carbonyl (C=O) groups excluding carboxylic acids is 1. The Morgan fingerprint density at radius 2 is 2.05 bits per heavy atom. The van der Waals surface area contributed by atoms with Gasteiger partial charge in [0.05, 0.1) is 0 Å². The first kappa shape index (κ1) is 14.1. The minimum absolute atomic E-state index is 0.00185. The number of aromatic nitrogens is 2. The summed E-state index contributed by atoms with van der Waals surface area (Å²) in [5.41, 5.74) is 3.56. The molecule has 4 nitrogen and oxygen atoms in total. The van der Waals surface area contributed by atoms with Gasteiger partial charge in [-0.1, -0.05) is 19.8 Å². The summed E-state index contributed by atoms with van der Waals surface area (Å²) in [4.78, 5) is 20.1. The standard InChI is InChI=1S/C17H23N3O/c1-10-6-4-5-7-14(10)20-17(21)16-9-13-12(3)18-11(2)8-15(13)19-16/h8-10,14,19H,4-7H2,1-3H3,(H,20,21)/t10-,14+/m0/s1. The van der Waals surface area contributed by atoms with Gasteiger partial charge in [0.15, 0.2) is 0 Å². The van der Waals surface area contributed by atoms with Crippen molar-refractivity contribution in [2.45, 2.75) is 52.5 Å². The highest BCUT2D eigenvalue weighted by atomic mass is 16.1. The molecule has 0 aromatic carbocycles. The lowest BCUT2D eigenvalue weighted by atomic mass is 9.86. The fourth-order valence-corrected chi connectivity index (χ4v) is 3.35. The van der Waals surface area contributed by atoms with Crippen molar-refractivity contribution in [3.05, 3.63) is 29.2 Å². The molecule has 0 unspecified atom stereocenters. The van der Waals surface area contributed by atoms with E-state index in [9.17, 15) is 4.79 Å². The number of rotatable bonds is 2. The SMILES string of the molecule is Cc1cc2[nH]c(C(=O)N[C@@H]3CCCC[C@@H]3C)cc2c(C)n1. The van der Waals surface area contributed by atoms with E-state index in [1.54, 1.807) is 0 Å². The highest BCUT2D eigenvalue weighted by molar-refractivity contribution is 5.98. The highest BCUT2D eigenvalue weighted by Gasteiger charge is 2.23. The number of H-pyrrole nitrogens is 1. The van der Waals surface area contributed by atoms with E-state index in [2.05, 4.69) is 22.2 Å². The molecule has 0 bridgehead atoms. The molecule has 2 aromatic heterocycles. The second-order valence-corrected chi connectivity index (χ2v) is 6.33. The Labute approximate surface area is 125 Å². The molecule has 2 heterocycles. The number of nitrogens with zero attached hydrogens (tertiary/aromatic N) is 1. The lowest BCUT2D eigenvalue weighted by Gasteiger charge is -2.29. The molecule has 4 heteroatoms. The molecule has 0 saturated heterocycles. The van der Waals surface area contributed by atoms with E-state index in [0.29, 0.717) is 17.7 Å². The molecular formula is C17H23N3O. The van der Waals surface area contributed by atoms with Crippen LogP contribution in [0.1, 0.15) is 54.5 Å². The first-order valence-corrected chi connectivity index (χ1v) is 7.82. The van der Waals surface area contributed by atoms with Gasteiger partial charge in [-0.2, -0.15) is 0 Å². The zero-order chi connectivity index (χ0) is 15.0. The van der Waals surface area contributed by atoms with E-state index in [4.69, 9.17) is 0 Å². The van der Waals surface area contributed by atoms with Gasteiger partial charge in [-0.25, -0.2) is 0 Å². The summed E-state index contributed by atoms with van der Waals surface area (Å²) in [5.74, 6) is 0.569. The Bertz CT molecular complexity index is 674. The van der Waals surface area contributed by atoms with E-state index >= 15 is 0 Å². The average Bonchev–Trinajstić information content (AvgIpc) is 2.85. The number of hydrogen-bond donors (Lipinski definition) is 2. The molecule has 112 valence electrons. The average molecular weight is 285 g/mol. The molecule has 1 aliphatic carbocycles. The van der Waals surface area contributed by atoms with Crippen molar-refractivity contribution in [1.29, 1.82) is 0 Å². The van der Waals surface area contributed by atoms with Crippen LogP contribution < -0.4 is 5.32 Å². The van der Waals surface area contributed by atoms with Crippen molar-refractivity contribution >= 4 is 16.8 Å². The Balaban J connectivity index is 1.83. The van der Waals surface area contributed by atoms with Crippen LogP contribution in [0.25, 0.3) is 10.9 Å². The summed E-state index contributed by atoms with van der Waals surface area (Å²) < 4.78 is 0. The van der Waals surface area contributed by atoms with Crippen molar-refractivity contribution < 1.29 is 4.79 Å². The van der Waals surface area contributed by atoms with Crippen LogP contribution in [-0.2, 0) is 0 Å². The molecule has 1 aliphatic rings. The van der Waals surface area contributed by atoms with Crippen molar-refractivity contribution in [3.63, 3.8) is 0 Å². The number of pyridine rings is 1. The maximum atomic E-state index is 12.5. The zero-order valence-electron chi connectivity index (χ0n) is 13.0. The number of aryl methyl sites for hydroxylation is 2. The van der Waals surface area contributed by atoms with E-state index in [1.807, 2.05) is 26.0 Å². The van der Waals surface area contributed by atoms with E-state index in [1.165, 1.54) is 19.3 Å². The van der Waals surface area contributed by atoms with Gasteiger partial charge in [0.25, 0.3) is 5.91 Å². The van der Waals surface area contributed by atoms with E-state index in [-0.39, 0.29) is 5.91 Å². The molecule has 0 aliphatic heterocycles. The maximum Gasteiger partial charge on any atom is 0.267 e. The van der Waals surface area contributed by atoms with Crippen LogP contribution in [0.3, 0.4) is 0 Å². The second-order valence-electron chi connectivity index (χ2n) is 6.33. The first-order chi connectivity index (χ1) is 10.0. The van der Waals surface area contributed by atoms with Gasteiger partial charge in [-0.15, -0.1) is 0 Å². The zero-order valence-corrected chi connectivity index (χ0v) is 13.0. The number of nitrogens with one attached hydrogen (secondary N) is 2. The molecule has 0 radical (unpaired) electrons. The number of carbonyl (C=O) groups is 1. The molecule has 0 spiro atoms. The van der Waals surface area contributed by atoms with Crippen LogP contribution in [0.4, 0.5) is 0 Å². The minimum atomic E-state index is 0.00185. The van der Waals surface area contributed by atoms with Gasteiger partial charge < -0.3 is 10.3 Å². The molecule has 3 rings (SSSR count). The van der Waals surface area contributed by atoms with Gasteiger partial charge in [-0.3, -0.25) is 9.78 Å². The van der Waals surface area contributed by atoms with Crippen LogP contribution in [0, 0.1) is 19.8 Å². The van der Waals surface area contributed by atoms with Gasteiger partial charge >= 0.3 is 0 Å². The van der Waals surface area contributed by atoms with Crippen molar-refractivity contribution in [2.24, 2.45) is 5.92 Å². The molecule has 2 atom stereocenters. The topological polar surface area (TPSA) is 57.8 Å². The van der Waals surface area contributed by atoms with E-state index in [0.717, 1.165) is 28.7 Å². The largest absolute Gasteiger partial charge is 0.350 e. The van der Waals surface area contributed by atoms with Crippen molar-refractivity contribution in [2.75, 3.05) is 0 Å². The van der Waals surface area contributed by atoms with Gasteiger partial charge in [-0.05, 0) is 44.7 Å². The lowest BCUT2D eigenvalue weighted by Crippen LogP contribution is -2.41. The molecule has 1 saturated carbocycles. The Morgan fingerprint density at radius 1 is 1.29 bits per heavy atom. The molecule has 21 heavy (non-hydrogen) atoms. The van der Waals surface area contributed by atoms with E-state index < -0.39 is 0 Å². The summed E-state index contributed by atoms with van der Waals surface area (Å²) in [6, 6.07) is 4.21. The smallest absolute Gasteiger partial charge is 0.267 e. The molecule has 2 aromatic rings. The predicted molar refractivity (Wildman–Crippen MR) is 84.5 cm³/mol. The Kier molecular flexibility index (Phi) is 3.70. The lowest BCUT2D eigenvalue weighted by molar-refractivity contribution is 0.0906. The van der Waals surface area contributed by atoms with Gasteiger partial charge in [0.1, 0.15) is 5.69 Å². The molecule has 1 amide bonds. The van der Waals surface area contributed by atoms with Crippen molar-refractivity contribution in [3.8, 4) is 0 Å². The summed E-state index contributed by atoms with van der Waals surface area (Å²) in [6.07, 6.45) is 4.79. The third-order valence-corrected chi connectivity index (χ3v) is 4.61. The third-order valence-electron chi connectivity index (χ3n) is 4.61. The number of hydrogen-bond acceptors (Lipinski definition) is 2. The highest BCUT2D eigenvalue weighted by Crippen LogP contribution is 2.24. The number of amides is 1. The van der Waals surface area contributed by atoms with Crippen LogP contribution in [0.2, 0.25) is 0 Å². The normalized spacial score (nSPS) is 22.4. The Hall–Kier alpha value is -1.84. The summed E-state index contributed by atoms with van der Waals surface area (Å²) in [7, 11) is 0. The summed E-state index contributed by atoms with van der Waals surface area (Å²) >= 11 is 0. The predicted octanol–water partition coefficient (Wildman–Crippen LogP) is 3.49. The fraction of sp³-hybridized carbons (Fsp3) is 0.529. The van der Waals surface area contributed by atoms with Crippen LogP contribution >= 0.6 is 0 Å². The van der Waals surface area contributed by atoms with Gasteiger partial charge in [0, 0.05) is 28.3 Å². The fourth-order valence-electron chi connectivity index (χ4n) is 3.35. The Morgan fingerprint density at radius 3 is 2.81 bits per heavy atom. The van der Waals surface area contributed by atoms with Crippen LogP contribution in [0.15, 0.2) is 12.1 Å². The first-order valence-electron chi connectivity index (χ1n) is 7.82. The summed E-state index contributed by atoms with van der Waals surface area (Å²) in [5, 5.41) is 4.22.